The van der Waals surface area contributed by atoms with Crippen LogP contribution in [0.2, 0.25) is 0 Å². The van der Waals surface area contributed by atoms with Crippen LogP contribution in [0.25, 0.3) is 0 Å². The van der Waals surface area contributed by atoms with Crippen molar-refractivity contribution in [2.45, 2.75) is 154 Å². The molecule has 0 radical (unpaired) electrons. The van der Waals surface area contributed by atoms with Crippen molar-refractivity contribution in [1.29, 1.82) is 0 Å². The van der Waals surface area contributed by atoms with Crippen molar-refractivity contribution in [1.82, 2.24) is 0 Å². The van der Waals surface area contributed by atoms with Gasteiger partial charge in [0.25, 0.3) is 0 Å². The summed E-state index contributed by atoms with van der Waals surface area (Å²) in [4.78, 5) is 0. The van der Waals surface area contributed by atoms with Gasteiger partial charge in [-0.2, -0.15) is 0 Å². The van der Waals surface area contributed by atoms with Crippen molar-refractivity contribution in [3.63, 3.8) is 0 Å². The summed E-state index contributed by atoms with van der Waals surface area (Å²) in [5, 5.41) is 0. The zero-order chi connectivity index (χ0) is 24.8. The Labute approximate surface area is 215 Å². The Bertz CT molecular complexity index is 592. The van der Waals surface area contributed by atoms with Gasteiger partial charge < -0.3 is 0 Å². The zero-order valence-corrected chi connectivity index (χ0v) is 22.9. The van der Waals surface area contributed by atoms with Crippen LogP contribution in [-0.2, 0) is 0 Å². The van der Waals surface area contributed by atoms with Gasteiger partial charge in [0.2, 0.25) is 0 Å². The number of alkyl halides is 3. The number of unbranched alkanes of at least 4 members (excludes halogenated alkanes) is 2. The fourth-order valence-electron chi connectivity index (χ4n) is 8.76. The fraction of sp³-hybridized carbons (Fsp3) is 1.00. The lowest BCUT2D eigenvalue weighted by atomic mass is 9.63. The van der Waals surface area contributed by atoms with E-state index < -0.39 is 18.5 Å². The molecule has 4 aliphatic carbocycles. The highest BCUT2D eigenvalue weighted by atomic mass is 19.2. The van der Waals surface area contributed by atoms with Crippen molar-refractivity contribution < 1.29 is 13.2 Å². The summed E-state index contributed by atoms with van der Waals surface area (Å²) in [5.74, 6) is 3.13. The Balaban J connectivity index is 1.14. The molecule has 0 heterocycles. The average Bonchev–Trinajstić information content (AvgIpc) is 2.87. The highest BCUT2D eigenvalue weighted by molar-refractivity contribution is 4.95. The molecule has 4 fully saturated rings. The minimum atomic E-state index is -1.23. The summed E-state index contributed by atoms with van der Waals surface area (Å²) < 4.78 is 45.3. The molecule has 0 bridgehead atoms. The molecule has 0 aromatic heterocycles. The average molecular weight is 497 g/mol. The van der Waals surface area contributed by atoms with E-state index in [9.17, 15) is 4.39 Å². The smallest absolute Gasteiger partial charge is 0.134 e. The topological polar surface area (TPSA) is 0 Å². The van der Waals surface area contributed by atoms with E-state index in [1.807, 2.05) is 0 Å². The van der Waals surface area contributed by atoms with Crippen LogP contribution in [0.1, 0.15) is 136 Å². The van der Waals surface area contributed by atoms with Crippen LogP contribution >= 0.6 is 0 Å². The van der Waals surface area contributed by atoms with Crippen LogP contribution in [0.4, 0.5) is 13.2 Å². The van der Waals surface area contributed by atoms with E-state index in [0.29, 0.717) is 23.7 Å². The van der Waals surface area contributed by atoms with Gasteiger partial charge in [-0.25, -0.2) is 13.2 Å². The molecular weight excluding hydrogens is 441 g/mol. The lowest BCUT2D eigenvalue weighted by molar-refractivity contribution is -0.0367. The molecular formula is C32H55F3. The highest BCUT2D eigenvalue weighted by Gasteiger charge is 2.46. The molecule has 4 rings (SSSR count). The van der Waals surface area contributed by atoms with Crippen molar-refractivity contribution in [2.75, 3.05) is 0 Å². The zero-order valence-electron chi connectivity index (χ0n) is 22.9. The van der Waals surface area contributed by atoms with E-state index in [0.717, 1.165) is 69.6 Å². The van der Waals surface area contributed by atoms with Gasteiger partial charge in [-0.15, -0.1) is 0 Å². The number of hydrogen-bond donors (Lipinski definition) is 0. The Kier molecular flexibility index (Phi) is 10.8. The maximum Gasteiger partial charge on any atom is 0.134 e. The third-order valence-electron chi connectivity index (χ3n) is 11.3. The van der Waals surface area contributed by atoms with Crippen LogP contribution in [0, 0.1) is 47.3 Å². The van der Waals surface area contributed by atoms with Crippen molar-refractivity contribution in [3.05, 3.63) is 0 Å². The van der Waals surface area contributed by atoms with Gasteiger partial charge in [0.05, 0.1) is 0 Å². The first-order valence-electron chi connectivity index (χ1n) is 15.9. The van der Waals surface area contributed by atoms with E-state index in [-0.39, 0.29) is 11.8 Å². The van der Waals surface area contributed by atoms with Crippen LogP contribution < -0.4 is 0 Å². The highest BCUT2D eigenvalue weighted by Crippen LogP contribution is 2.48. The van der Waals surface area contributed by atoms with Gasteiger partial charge in [0.15, 0.2) is 0 Å². The third-order valence-corrected chi connectivity index (χ3v) is 11.3. The Morgan fingerprint density at radius 3 is 1.69 bits per heavy atom. The van der Waals surface area contributed by atoms with Crippen molar-refractivity contribution in [3.8, 4) is 0 Å². The van der Waals surface area contributed by atoms with Crippen molar-refractivity contribution in [2.24, 2.45) is 47.3 Å². The SMILES string of the molecule is CCCCCC1CCC(CCC2CCC(C3CCC(C4CCC(C)CC4)C(F)C3F)CC2)CC1F. The minimum absolute atomic E-state index is 0.0221. The predicted octanol–water partition coefficient (Wildman–Crippen LogP) is 10.4. The predicted molar refractivity (Wildman–Crippen MR) is 142 cm³/mol. The summed E-state index contributed by atoms with van der Waals surface area (Å²) in [7, 11) is 0. The molecule has 0 aliphatic heterocycles. The van der Waals surface area contributed by atoms with Gasteiger partial charge in [0, 0.05) is 0 Å². The largest absolute Gasteiger partial charge is 0.247 e. The van der Waals surface area contributed by atoms with Gasteiger partial charge in [-0.3, -0.25) is 0 Å². The maximum atomic E-state index is 15.4. The van der Waals surface area contributed by atoms with Crippen LogP contribution in [0.3, 0.4) is 0 Å². The van der Waals surface area contributed by atoms with Crippen molar-refractivity contribution >= 4 is 0 Å². The molecule has 7 atom stereocenters. The van der Waals surface area contributed by atoms with Crippen LogP contribution in [0.15, 0.2) is 0 Å². The van der Waals surface area contributed by atoms with E-state index in [2.05, 4.69) is 13.8 Å². The Morgan fingerprint density at radius 2 is 1.11 bits per heavy atom. The molecule has 0 nitrogen and oxygen atoms in total. The molecule has 4 saturated carbocycles. The van der Waals surface area contributed by atoms with Gasteiger partial charge in [-0.05, 0) is 112 Å². The molecule has 0 amide bonds. The molecule has 7 unspecified atom stereocenters. The van der Waals surface area contributed by atoms with Gasteiger partial charge in [0.1, 0.15) is 18.5 Å². The number of hydrogen-bond acceptors (Lipinski definition) is 0. The number of rotatable bonds is 9. The summed E-state index contributed by atoms with van der Waals surface area (Å²) in [5.41, 5.74) is 0. The molecule has 0 N–H and O–H groups in total. The third kappa shape index (κ3) is 7.43. The van der Waals surface area contributed by atoms with Crippen LogP contribution in [-0.4, -0.2) is 18.5 Å². The van der Waals surface area contributed by atoms with Gasteiger partial charge in [-0.1, -0.05) is 71.6 Å². The quantitative estimate of drug-likeness (QED) is 0.278. The molecule has 4 aliphatic rings. The maximum absolute atomic E-state index is 15.4. The minimum Gasteiger partial charge on any atom is -0.247 e. The second-order valence-electron chi connectivity index (χ2n) is 13.6. The number of halogens is 3. The van der Waals surface area contributed by atoms with E-state index in [1.165, 1.54) is 64.2 Å². The molecule has 0 spiro atoms. The summed E-state index contributed by atoms with van der Waals surface area (Å²) in [6.07, 6.45) is 18.2. The summed E-state index contributed by atoms with van der Waals surface area (Å²) in [6.45, 7) is 4.51. The summed E-state index contributed by atoms with van der Waals surface area (Å²) >= 11 is 0. The van der Waals surface area contributed by atoms with E-state index in [1.54, 1.807) is 0 Å². The monoisotopic (exact) mass is 496 g/mol. The molecule has 35 heavy (non-hydrogen) atoms. The second-order valence-corrected chi connectivity index (χ2v) is 13.6. The fourth-order valence-corrected chi connectivity index (χ4v) is 8.76. The summed E-state index contributed by atoms with van der Waals surface area (Å²) in [6, 6.07) is 0. The molecule has 204 valence electrons. The Hall–Kier alpha value is -0.210. The second kappa shape index (κ2) is 13.5. The molecule has 0 aromatic rings. The first-order valence-corrected chi connectivity index (χ1v) is 15.9. The standard InChI is InChI=1S/C32H55F3/c1-3-4-5-6-27-18-13-24(21-30(27)33)10-9-23-11-16-26(17-12-23)29-20-19-28(31(34)32(29)35)25-14-7-22(2)8-15-25/h22-32H,3-21H2,1-2H3. The van der Waals surface area contributed by atoms with E-state index in [4.69, 9.17) is 0 Å². The lowest BCUT2D eigenvalue weighted by Crippen LogP contribution is -2.45. The lowest BCUT2D eigenvalue weighted by Gasteiger charge is -2.44. The molecule has 3 heteroatoms. The molecule has 0 saturated heterocycles. The normalized spacial score (nSPS) is 45.3. The Morgan fingerprint density at radius 1 is 0.571 bits per heavy atom. The van der Waals surface area contributed by atoms with Crippen LogP contribution in [0.5, 0.6) is 0 Å². The first kappa shape index (κ1) is 27.8. The van der Waals surface area contributed by atoms with Gasteiger partial charge >= 0.3 is 0 Å². The van der Waals surface area contributed by atoms with E-state index >= 15 is 8.78 Å². The molecule has 0 aromatic carbocycles. The first-order chi connectivity index (χ1) is 17.0.